The van der Waals surface area contributed by atoms with Crippen LogP contribution in [0.2, 0.25) is 0 Å². The van der Waals surface area contributed by atoms with Crippen molar-refractivity contribution in [2.24, 2.45) is 4.99 Å². The fraction of sp³-hybridized carbons (Fsp3) is 0.765. The van der Waals surface area contributed by atoms with Gasteiger partial charge in [-0.3, -0.25) is 4.79 Å². The molecule has 1 aromatic heterocycles. The van der Waals surface area contributed by atoms with Crippen molar-refractivity contribution in [3.8, 4) is 0 Å². The summed E-state index contributed by atoms with van der Waals surface area (Å²) >= 11 is 0. The van der Waals surface area contributed by atoms with Crippen LogP contribution in [0.15, 0.2) is 4.99 Å². The zero-order valence-electron chi connectivity index (χ0n) is 16.7. The number of rotatable bonds is 8. The first-order valence-corrected chi connectivity index (χ1v) is 9.20. The number of aromatic nitrogens is 3. The number of guanidine groups is 1. The summed E-state index contributed by atoms with van der Waals surface area (Å²) in [5.41, 5.74) is 0. The average Bonchev–Trinajstić information content (AvgIpc) is 3.01. The maximum absolute atomic E-state index is 11.8. The Hall–Kier alpha value is -1.43. The van der Waals surface area contributed by atoms with E-state index in [1.165, 1.54) is 0 Å². The highest BCUT2D eigenvalue weighted by atomic mass is 127. The van der Waals surface area contributed by atoms with E-state index < -0.39 is 0 Å². The molecule has 1 atom stereocenters. The predicted molar refractivity (Wildman–Crippen MR) is 115 cm³/mol. The summed E-state index contributed by atoms with van der Waals surface area (Å²) in [6.07, 6.45) is 3.96. The highest BCUT2D eigenvalue weighted by Crippen LogP contribution is 2.13. The normalized spacial score (nSPS) is 16.3. The molecule has 10 heteroatoms. The highest BCUT2D eigenvalue weighted by Gasteiger charge is 2.22. The van der Waals surface area contributed by atoms with Crippen LogP contribution in [0.5, 0.6) is 0 Å². The van der Waals surface area contributed by atoms with Gasteiger partial charge in [-0.05, 0) is 12.8 Å². The molecule has 0 spiro atoms. The molecule has 0 radical (unpaired) electrons. The number of methoxy groups -OCH3 is 1. The molecule has 1 amide bonds. The number of fused-ring (bicyclic) bond motifs is 1. The first kappa shape index (κ1) is 23.6. The van der Waals surface area contributed by atoms with Gasteiger partial charge in [0.1, 0.15) is 19.0 Å². The van der Waals surface area contributed by atoms with Crippen molar-refractivity contribution >= 4 is 35.8 Å². The third-order valence-corrected chi connectivity index (χ3v) is 4.21. The van der Waals surface area contributed by atoms with Gasteiger partial charge >= 0.3 is 0 Å². The quantitative estimate of drug-likeness (QED) is 0.241. The molecule has 0 saturated carbocycles. The Morgan fingerprint density at radius 1 is 1.44 bits per heavy atom. The molecule has 9 nitrogen and oxygen atoms in total. The van der Waals surface area contributed by atoms with Gasteiger partial charge in [0.2, 0.25) is 5.91 Å². The number of nitrogens with one attached hydrogen (secondary N) is 2. The van der Waals surface area contributed by atoms with Crippen molar-refractivity contribution in [3.63, 3.8) is 0 Å². The Bertz CT molecular complexity index is 618. The minimum absolute atomic E-state index is 0. The fourth-order valence-electron chi connectivity index (χ4n) is 2.69. The van der Waals surface area contributed by atoms with E-state index in [2.05, 4.69) is 32.6 Å². The van der Waals surface area contributed by atoms with E-state index in [0.29, 0.717) is 12.6 Å². The van der Waals surface area contributed by atoms with Gasteiger partial charge in [-0.25, -0.2) is 14.7 Å². The summed E-state index contributed by atoms with van der Waals surface area (Å²) in [5, 5.41) is 11.2. The topological polar surface area (TPSA) is 96.7 Å². The molecule has 1 aromatic rings. The number of aryl methyl sites for hydroxylation is 1. The van der Waals surface area contributed by atoms with E-state index in [-0.39, 0.29) is 42.5 Å². The van der Waals surface area contributed by atoms with Crippen molar-refractivity contribution in [2.75, 3.05) is 34.3 Å². The molecule has 2 heterocycles. The third-order valence-electron chi connectivity index (χ3n) is 4.21. The Morgan fingerprint density at radius 2 is 2.22 bits per heavy atom. The standard InChI is InChI=1S/C17H31N7O2.HI/c1-5-6-9-18-17(19-10-16(25)23(2)3)20-13-7-8-15-21-14(12-26-4)22-24(15)11-13;/h13H,5-12H2,1-4H3,(H2,18,19,20);1H. The molecule has 0 saturated heterocycles. The smallest absolute Gasteiger partial charge is 0.243 e. The maximum atomic E-state index is 11.8. The van der Waals surface area contributed by atoms with Crippen molar-refractivity contribution < 1.29 is 9.53 Å². The number of unbranched alkanes of at least 4 members (excludes halogenated alkanes) is 1. The van der Waals surface area contributed by atoms with Crippen molar-refractivity contribution in [3.05, 3.63) is 11.6 Å². The molecule has 2 rings (SSSR count). The monoisotopic (exact) mass is 493 g/mol. The van der Waals surface area contributed by atoms with Crippen molar-refractivity contribution in [1.82, 2.24) is 30.3 Å². The number of aliphatic imine (C=N–C) groups is 1. The zero-order valence-corrected chi connectivity index (χ0v) is 19.0. The highest BCUT2D eigenvalue weighted by molar-refractivity contribution is 14.0. The van der Waals surface area contributed by atoms with Crippen LogP contribution in [0.3, 0.4) is 0 Å². The fourth-order valence-corrected chi connectivity index (χ4v) is 2.69. The van der Waals surface area contributed by atoms with Gasteiger partial charge in [-0.15, -0.1) is 24.0 Å². The maximum Gasteiger partial charge on any atom is 0.243 e. The Morgan fingerprint density at radius 3 is 2.89 bits per heavy atom. The molecular weight excluding hydrogens is 461 g/mol. The van der Waals surface area contributed by atoms with Gasteiger partial charge < -0.3 is 20.3 Å². The number of carbonyl (C=O) groups excluding carboxylic acids is 1. The number of ether oxygens (including phenoxy) is 1. The molecule has 0 bridgehead atoms. The summed E-state index contributed by atoms with van der Waals surface area (Å²) in [6, 6.07) is 0.196. The van der Waals surface area contributed by atoms with Crippen LogP contribution in [0, 0.1) is 0 Å². The molecule has 1 unspecified atom stereocenters. The summed E-state index contributed by atoms with van der Waals surface area (Å²) < 4.78 is 7.04. The second-order valence-electron chi connectivity index (χ2n) is 6.67. The Labute approximate surface area is 178 Å². The van der Waals surface area contributed by atoms with E-state index in [1.807, 2.05) is 4.68 Å². The van der Waals surface area contributed by atoms with E-state index in [9.17, 15) is 4.79 Å². The van der Waals surface area contributed by atoms with Crippen LogP contribution in [-0.4, -0.2) is 71.9 Å². The van der Waals surface area contributed by atoms with Crippen LogP contribution in [0.1, 0.15) is 37.8 Å². The van der Waals surface area contributed by atoms with Gasteiger partial charge in [0.25, 0.3) is 0 Å². The summed E-state index contributed by atoms with van der Waals surface area (Å²) in [5.74, 6) is 2.37. The first-order valence-electron chi connectivity index (χ1n) is 9.20. The lowest BCUT2D eigenvalue weighted by atomic mass is 10.1. The molecule has 2 N–H and O–H groups in total. The van der Waals surface area contributed by atoms with E-state index >= 15 is 0 Å². The second-order valence-corrected chi connectivity index (χ2v) is 6.67. The molecule has 27 heavy (non-hydrogen) atoms. The van der Waals surface area contributed by atoms with Crippen LogP contribution in [0.25, 0.3) is 0 Å². The molecule has 0 aromatic carbocycles. The van der Waals surface area contributed by atoms with Crippen molar-refractivity contribution in [1.29, 1.82) is 0 Å². The number of amides is 1. The minimum atomic E-state index is -0.0204. The lowest BCUT2D eigenvalue weighted by Crippen LogP contribution is -2.47. The largest absolute Gasteiger partial charge is 0.377 e. The third kappa shape index (κ3) is 7.60. The van der Waals surface area contributed by atoms with Gasteiger partial charge in [0, 0.05) is 40.2 Å². The summed E-state index contributed by atoms with van der Waals surface area (Å²) in [7, 11) is 5.12. The SMILES string of the molecule is CCCCNC(=NCC(=O)N(C)C)NC1CCc2nc(COC)nn2C1.I. The minimum Gasteiger partial charge on any atom is -0.377 e. The number of hydrogen-bond donors (Lipinski definition) is 2. The van der Waals surface area contributed by atoms with Crippen LogP contribution >= 0.6 is 24.0 Å². The van der Waals surface area contributed by atoms with E-state index in [4.69, 9.17) is 4.74 Å². The second kappa shape index (κ2) is 12.1. The van der Waals surface area contributed by atoms with Crippen LogP contribution < -0.4 is 10.6 Å². The van der Waals surface area contributed by atoms with Crippen molar-refractivity contribution in [2.45, 2.75) is 51.8 Å². The van der Waals surface area contributed by atoms with Gasteiger partial charge in [0.15, 0.2) is 11.8 Å². The lowest BCUT2D eigenvalue weighted by molar-refractivity contribution is -0.127. The Kier molecular flexibility index (Phi) is 10.6. The predicted octanol–water partition coefficient (Wildman–Crippen LogP) is 0.781. The Balaban J connectivity index is 0.00000364. The number of carbonyl (C=O) groups is 1. The van der Waals surface area contributed by atoms with Gasteiger partial charge in [-0.1, -0.05) is 13.3 Å². The number of nitrogens with zero attached hydrogens (tertiary/aromatic N) is 5. The number of likely N-dealkylation sites (N-methyl/N-ethyl adjacent to an activating group) is 1. The first-order chi connectivity index (χ1) is 12.5. The number of halogens is 1. The van der Waals surface area contributed by atoms with Crippen LogP contribution in [-0.2, 0) is 29.1 Å². The number of hydrogen-bond acceptors (Lipinski definition) is 5. The molecule has 1 aliphatic rings. The molecular formula is C17H32IN7O2. The van der Waals surface area contributed by atoms with E-state index in [0.717, 1.165) is 50.4 Å². The molecule has 0 fully saturated rings. The molecule has 0 aliphatic carbocycles. The van der Waals surface area contributed by atoms with Gasteiger partial charge in [0.05, 0.1) is 6.54 Å². The lowest BCUT2D eigenvalue weighted by Gasteiger charge is -2.25. The average molecular weight is 493 g/mol. The summed E-state index contributed by atoms with van der Waals surface area (Å²) in [4.78, 5) is 22.3. The van der Waals surface area contributed by atoms with E-state index in [1.54, 1.807) is 26.1 Å². The van der Waals surface area contributed by atoms with Gasteiger partial charge in [-0.2, -0.15) is 5.10 Å². The van der Waals surface area contributed by atoms with Crippen LogP contribution in [0.4, 0.5) is 0 Å². The summed E-state index contributed by atoms with van der Waals surface area (Å²) in [6.45, 7) is 4.26. The molecule has 1 aliphatic heterocycles. The molecule has 154 valence electrons. The zero-order chi connectivity index (χ0) is 18.9.